The van der Waals surface area contributed by atoms with E-state index in [1.165, 1.54) is 4.46 Å². The zero-order chi connectivity index (χ0) is 11.6. The summed E-state index contributed by atoms with van der Waals surface area (Å²) in [4.78, 5) is 13.5. The van der Waals surface area contributed by atoms with Gasteiger partial charge in [0, 0.05) is 0 Å². The Bertz CT molecular complexity index is 330. The third kappa shape index (κ3) is 5.89. The molecule has 0 fully saturated rings. The molecule has 0 amide bonds. The predicted octanol–water partition coefficient (Wildman–Crippen LogP) is 2.68. The van der Waals surface area contributed by atoms with Crippen molar-refractivity contribution >= 4 is 25.2 Å². The third-order valence-electron chi connectivity index (χ3n) is 2.20. The van der Waals surface area contributed by atoms with Gasteiger partial charge in [0.2, 0.25) is 0 Å². The van der Waals surface area contributed by atoms with Crippen LogP contribution in [0.1, 0.15) is 32.6 Å². The summed E-state index contributed by atoms with van der Waals surface area (Å²) < 4.78 is 1.35. The van der Waals surface area contributed by atoms with Crippen LogP contribution in [0.2, 0.25) is 0 Å². The van der Waals surface area contributed by atoms with E-state index in [1.807, 2.05) is 12.1 Å². The molecule has 0 aliphatic carbocycles. The molecule has 0 aliphatic rings. The maximum absolute atomic E-state index is 11.4. The quantitative estimate of drug-likeness (QED) is 0.702. The maximum atomic E-state index is 11.4. The van der Waals surface area contributed by atoms with Crippen molar-refractivity contribution in [2.24, 2.45) is 0 Å². The summed E-state index contributed by atoms with van der Waals surface area (Å²) in [7, 11) is 0. The molecular weight excluding hydrogens is 263 g/mol. The summed E-state index contributed by atoms with van der Waals surface area (Å²) in [6.07, 6.45) is 5.48. The van der Waals surface area contributed by atoms with Gasteiger partial charge in [-0.25, -0.2) is 0 Å². The van der Waals surface area contributed by atoms with Crippen molar-refractivity contribution in [2.45, 2.75) is 32.6 Å². The molecule has 1 aromatic carbocycles. The van der Waals surface area contributed by atoms with Crippen LogP contribution in [0.25, 0.3) is 0 Å². The Balaban J connectivity index is 2.20. The van der Waals surface area contributed by atoms with Crippen LogP contribution in [0.5, 0.6) is 0 Å². The fourth-order valence-electron chi connectivity index (χ4n) is 1.28. The zero-order valence-corrected chi connectivity index (χ0v) is 11.4. The molecule has 0 N–H and O–H groups in total. The van der Waals surface area contributed by atoms with Gasteiger partial charge in [-0.1, -0.05) is 0 Å². The van der Waals surface area contributed by atoms with Crippen molar-refractivity contribution in [1.82, 2.24) is 0 Å². The minimum atomic E-state index is 0.363. The number of Topliss-reactive ketones (excluding diaryl/α,β-unsaturated/α-hetero) is 1. The molecule has 0 heterocycles. The fraction of sp³-hybridized carbons (Fsp3) is 0.357. The van der Waals surface area contributed by atoms with Crippen molar-refractivity contribution in [3.05, 3.63) is 41.4 Å². The molecule has 0 saturated carbocycles. The summed E-state index contributed by atoms with van der Waals surface area (Å²) in [5.74, 6) is 0.363. The first-order valence-corrected chi connectivity index (χ1v) is 7.56. The van der Waals surface area contributed by atoms with Crippen LogP contribution in [-0.2, 0) is 4.79 Å². The van der Waals surface area contributed by atoms with E-state index in [0.29, 0.717) is 27.2 Å². The Morgan fingerprint density at radius 3 is 2.75 bits per heavy atom. The zero-order valence-electron chi connectivity index (χ0n) is 9.69. The van der Waals surface area contributed by atoms with Gasteiger partial charge in [0.05, 0.1) is 0 Å². The Labute approximate surface area is 104 Å². The average molecular weight is 281 g/mol. The number of hydrogen-bond donors (Lipinski definition) is 0. The molecule has 0 aliphatic heterocycles. The van der Waals surface area contributed by atoms with E-state index in [9.17, 15) is 4.79 Å². The van der Waals surface area contributed by atoms with Crippen molar-refractivity contribution in [3.63, 3.8) is 0 Å². The summed E-state index contributed by atoms with van der Waals surface area (Å²) in [6, 6.07) is 10.4. The number of rotatable bonds is 7. The molecule has 86 valence electrons. The summed E-state index contributed by atoms with van der Waals surface area (Å²) in [5.41, 5.74) is 0. The van der Waals surface area contributed by atoms with Crippen LogP contribution in [-0.4, -0.2) is 20.7 Å². The minimum absolute atomic E-state index is 0.363. The van der Waals surface area contributed by atoms with Crippen molar-refractivity contribution in [3.8, 4) is 0 Å². The van der Waals surface area contributed by atoms with Gasteiger partial charge in [-0.05, 0) is 0 Å². The van der Waals surface area contributed by atoms with Crippen LogP contribution in [0.15, 0.2) is 41.4 Å². The number of allylic oxidation sites excluding steroid dienone is 1. The number of carbonyl (C=O) groups excluding carboxylic acids is 1. The second kappa shape index (κ2) is 8.32. The van der Waals surface area contributed by atoms with E-state index in [2.05, 4.69) is 36.2 Å². The van der Waals surface area contributed by atoms with Gasteiger partial charge in [0.25, 0.3) is 0 Å². The van der Waals surface area contributed by atoms with Crippen LogP contribution in [0.4, 0.5) is 0 Å². The predicted molar refractivity (Wildman–Crippen MR) is 70.1 cm³/mol. The van der Waals surface area contributed by atoms with E-state index in [-0.39, 0.29) is 0 Å². The molecule has 0 spiro atoms. The second-order valence-corrected chi connectivity index (χ2v) is 5.70. The van der Waals surface area contributed by atoms with Crippen molar-refractivity contribution in [1.29, 1.82) is 0 Å². The van der Waals surface area contributed by atoms with Crippen LogP contribution in [0, 0.1) is 0 Å². The Kier molecular flexibility index (Phi) is 6.87. The van der Waals surface area contributed by atoms with Crippen LogP contribution < -0.4 is 4.46 Å². The van der Waals surface area contributed by atoms with Gasteiger partial charge in [0.15, 0.2) is 0 Å². The first-order valence-electron chi connectivity index (χ1n) is 5.71. The van der Waals surface area contributed by atoms with Gasteiger partial charge < -0.3 is 0 Å². The third-order valence-corrected chi connectivity index (χ3v) is 4.03. The van der Waals surface area contributed by atoms with Gasteiger partial charge >= 0.3 is 104 Å². The molecule has 0 bridgehead atoms. The fourth-order valence-corrected chi connectivity index (χ4v) is 2.67. The molecule has 1 aromatic rings. The summed E-state index contributed by atoms with van der Waals surface area (Å²) >= 11 is 0.367. The van der Waals surface area contributed by atoms with Gasteiger partial charge in [0.1, 0.15) is 0 Å². The van der Waals surface area contributed by atoms with E-state index in [4.69, 9.17) is 0 Å². The van der Waals surface area contributed by atoms with E-state index < -0.39 is 0 Å². The monoisotopic (exact) mass is 282 g/mol. The molecular formula is C14H18OSe. The Morgan fingerprint density at radius 2 is 2.06 bits per heavy atom. The molecule has 1 rings (SSSR count). The summed E-state index contributed by atoms with van der Waals surface area (Å²) in [5, 5.41) is 0. The molecule has 0 atom stereocenters. The molecule has 0 unspecified atom stereocenters. The average Bonchev–Trinajstić information content (AvgIpc) is 2.33. The van der Waals surface area contributed by atoms with E-state index in [1.54, 1.807) is 0 Å². The molecule has 16 heavy (non-hydrogen) atoms. The number of carbonyl (C=O) groups is 1. The first-order chi connectivity index (χ1) is 7.83. The number of unbranched alkanes of at least 4 members (excludes halogenated alkanes) is 1. The molecule has 0 aromatic heterocycles. The first kappa shape index (κ1) is 13.2. The van der Waals surface area contributed by atoms with Gasteiger partial charge in [-0.2, -0.15) is 0 Å². The van der Waals surface area contributed by atoms with Crippen LogP contribution in [0.3, 0.4) is 0 Å². The van der Waals surface area contributed by atoms with Crippen LogP contribution >= 0.6 is 0 Å². The number of hydrogen-bond acceptors (Lipinski definition) is 1. The normalized spacial score (nSPS) is 10.8. The Morgan fingerprint density at radius 1 is 1.31 bits per heavy atom. The molecule has 1 nitrogen and oxygen atoms in total. The molecule has 0 radical (unpaired) electrons. The molecule has 2 heteroatoms. The van der Waals surface area contributed by atoms with E-state index in [0.717, 1.165) is 19.3 Å². The second-order valence-electron chi connectivity index (χ2n) is 3.65. The van der Waals surface area contributed by atoms with Gasteiger partial charge in [-0.3, -0.25) is 0 Å². The Hall–Kier alpha value is -0.851. The standard InChI is InChI=1S/C14H18OSe/c1-2-3-8-13(15)9-7-12-16-14-10-5-4-6-11-14/h4-7,10-12H,2-3,8-9H2,1H3. The number of benzene rings is 1. The van der Waals surface area contributed by atoms with Crippen molar-refractivity contribution < 1.29 is 4.79 Å². The van der Waals surface area contributed by atoms with Crippen molar-refractivity contribution in [2.75, 3.05) is 0 Å². The van der Waals surface area contributed by atoms with Gasteiger partial charge in [-0.15, -0.1) is 0 Å². The number of ketones is 1. The summed E-state index contributed by atoms with van der Waals surface area (Å²) in [6.45, 7) is 2.11. The van der Waals surface area contributed by atoms with E-state index >= 15 is 0 Å². The molecule has 0 saturated heterocycles. The SMILES string of the molecule is CCCCC(=O)CC=C[Se]c1ccccc1. The topological polar surface area (TPSA) is 17.1 Å².